The molecule has 1 saturated heterocycles. The van der Waals surface area contributed by atoms with Gasteiger partial charge in [0.15, 0.2) is 5.37 Å². The number of piperazine rings is 1. The highest BCUT2D eigenvalue weighted by atomic mass is 32.2. The van der Waals surface area contributed by atoms with Crippen molar-refractivity contribution in [3.63, 3.8) is 0 Å². The maximum atomic E-state index is 14.4. The SMILES string of the molecule is CC[C@H]1CN(C(=O)OC(C)(C)C)[C@H](C)CN1CC(=O)N1c2ccc(F)cc2C(C)(C)C1S(=O)(=O)c1ccccc1. The van der Waals surface area contributed by atoms with Gasteiger partial charge in [-0.2, -0.15) is 0 Å². The molecule has 0 aliphatic carbocycles. The van der Waals surface area contributed by atoms with Crippen LogP contribution in [0.3, 0.4) is 0 Å². The predicted octanol–water partition coefficient (Wildman–Crippen LogP) is 4.97. The van der Waals surface area contributed by atoms with Crippen LogP contribution >= 0.6 is 0 Å². The van der Waals surface area contributed by atoms with E-state index in [2.05, 4.69) is 0 Å². The Bertz CT molecular complexity index is 1370. The number of rotatable bonds is 5. The molecule has 0 spiro atoms. The Morgan fingerprint density at radius 2 is 1.73 bits per heavy atom. The molecule has 0 saturated carbocycles. The molecule has 0 bridgehead atoms. The third-order valence-corrected chi connectivity index (χ3v) is 10.1. The lowest BCUT2D eigenvalue weighted by molar-refractivity contribution is -0.121. The summed E-state index contributed by atoms with van der Waals surface area (Å²) in [6.07, 6.45) is 0.286. The van der Waals surface area contributed by atoms with Crippen LogP contribution in [0.1, 0.15) is 60.5 Å². The van der Waals surface area contributed by atoms with Gasteiger partial charge in [0.05, 0.1) is 11.4 Å². The summed E-state index contributed by atoms with van der Waals surface area (Å²) in [5.74, 6) is -0.880. The standard InChI is InChI=1S/C30H40FN3O5S/c1-8-22-18-33(28(36)39-29(3,4)5)20(2)17-32(22)19-26(35)34-25-15-14-21(31)16-24(25)30(6,7)27(34)40(37,38)23-12-10-9-11-13-23/h9-16,20,22,27H,8,17-19H2,1-7H3/t20-,22+,27?/m1/s1. The summed E-state index contributed by atoms with van der Waals surface area (Å²) in [7, 11) is -4.03. The van der Waals surface area contributed by atoms with Crippen LogP contribution in [0.2, 0.25) is 0 Å². The lowest BCUT2D eigenvalue weighted by atomic mass is 9.86. The highest BCUT2D eigenvalue weighted by Gasteiger charge is 2.54. The topological polar surface area (TPSA) is 87.2 Å². The van der Waals surface area contributed by atoms with Crippen molar-refractivity contribution in [2.45, 2.75) is 88.3 Å². The molecule has 0 radical (unpaired) electrons. The first-order valence-corrected chi connectivity index (χ1v) is 15.3. The number of carbonyl (C=O) groups is 2. The van der Waals surface area contributed by atoms with E-state index < -0.39 is 38.1 Å². The van der Waals surface area contributed by atoms with Gasteiger partial charge in [0.2, 0.25) is 15.7 Å². The normalized spacial score (nSPS) is 23.1. The number of hydrogen-bond donors (Lipinski definition) is 0. The molecule has 2 aromatic rings. The smallest absolute Gasteiger partial charge is 0.410 e. The zero-order chi connectivity index (χ0) is 29.6. The van der Waals surface area contributed by atoms with E-state index in [1.54, 1.807) is 36.9 Å². The minimum Gasteiger partial charge on any atom is -0.444 e. The molecule has 8 nitrogen and oxygen atoms in total. The molecule has 218 valence electrons. The van der Waals surface area contributed by atoms with Gasteiger partial charge in [-0.15, -0.1) is 0 Å². The third-order valence-electron chi connectivity index (χ3n) is 7.79. The van der Waals surface area contributed by atoms with Gasteiger partial charge in [-0.3, -0.25) is 14.6 Å². The van der Waals surface area contributed by atoms with E-state index in [1.807, 2.05) is 39.5 Å². The average molecular weight is 574 g/mol. The van der Waals surface area contributed by atoms with Crippen LogP contribution in [0.25, 0.3) is 0 Å². The lowest BCUT2D eigenvalue weighted by Crippen LogP contribution is -2.61. The Hall–Kier alpha value is -2.98. The number of nitrogens with zero attached hydrogens (tertiary/aromatic N) is 3. The van der Waals surface area contributed by atoms with E-state index in [9.17, 15) is 22.4 Å². The molecule has 2 heterocycles. The fraction of sp³-hybridized carbons (Fsp3) is 0.533. The number of ether oxygens (including phenoxy) is 1. The minimum atomic E-state index is -4.03. The van der Waals surface area contributed by atoms with Crippen molar-refractivity contribution >= 4 is 27.5 Å². The number of anilines is 1. The summed E-state index contributed by atoms with van der Waals surface area (Å²) >= 11 is 0. The molecule has 2 aromatic carbocycles. The van der Waals surface area contributed by atoms with Gasteiger partial charge in [-0.05, 0) is 70.0 Å². The third kappa shape index (κ3) is 5.61. The fourth-order valence-electron chi connectivity index (χ4n) is 5.86. The van der Waals surface area contributed by atoms with Gasteiger partial charge in [-0.25, -0.2) is 17.6 Å². The summed E-state index contributed by atoms with van der Waals surface area (Å²) in [6, 6.07) is 11.8. The molecule has 0 N–H and O–H groups in total. The molecular formula is C30H40FN3O5S. The largest absolute Gasteiger partial charge is 0.444 e. The predicted molar refractivity (Wildman–Crippen MR) is 152 cm³/mol. The Kier molecular flexibility index (Phi) is 8.08. The van der Waals surface area contributed by atoms with Gasteiger partial charge in [0.1, 0.15) is 11.4 Å². The molecule has 4 rings (SSSR count). The van der Waals surface area contributed by atoms with Gasteiger partial charge >= 0.3 is 6.09 Å². The molecule has 10 heteroatoms. The lowest BCUT2D eigenvalue weighted by Gasteiger charge is -2.45. The summed E-state index contributed by atoms with van der Waals surface area (Å²) in [6.45, 7) is 13.6. The molecule has 2 aliphatic rings. The van der Waals surface area contributed by atoms with Crippen LogP contribution in [0.15, 0.2) is 53.4 Å². The highest BCUT2D eigenvalue weighted by Crippen LogP contribution is 2.49. The molecule has 1 unspecified atom stereocenters. The van der Waals surface area contributed by atoms with Crippen molar-refractivity contribution in [1.29, 1.82) is 0 Å². The molecule has 40 heavy (non-hydrogen) atoms. The quantitative estimate of drug-likeness (QED) is 0.502. The maximum Gasteiger partial charge on any atom is 0.410 e. The Morgan fingerprint density at radius 1 is 1.07 bits per heavy atom. The molecule has 3 atom stereocenters. The zero-order valence-electron chi connectivity index (χ0n) is 24.3. The Balaban J connectivity index is 1.67. The number of amides is 2. The highest BCUT2D eigenvalue weighted by molar-refractivity contribution is 7.92. The van der Waals surface area contributed by atoms with Gasteiger partial charge < -0.3 is 9.64 Å². The van der Waals surface area contributed by atoms with Crippen LogP contribution < -0.4 is 4.90 Å². The van der Waals surface area contributed by atoms with Crippen LogP contribution in [-0.2, 0) is 24.8 Å². The Morgan fingerprint density at radius 3 is 2.33 bits per heavy atom. The second-order valence-electron chi connectivity index (χ2n) is 12.3. The monoisotopic (exact) mass is 573 g/mol. The summed E-state index contributed by atoms with van der Waals surface area (Å²) < 4.78 is 48.1. The van der Waals surface area contributed by atoms with Crippen LogP contribution in [0.5, 0.6) is 0 Å². The number of sulfone groups is 1. The molecule has 2 aliphatic heterocycles. The molecule has 1 fully saturated rings. The van der Waals surface area contributed by atoms with E-state index in [0.717, 1.165) is 0 Å². The summed E-state index contributed by atoms with van der Waals surface area (Å²) in [5.41, 5.74) is -0.829. The minimum absolute atomic E-state index is 0.0429. The van der Waals surface area contributed by atoms with Crippen LogP contribution in [0.4, 0.5) is 14.9 Å². The van der Waals surface area contributed by atoms with E-state index in [-0.39, 0.29) is 29.4 Å². The van der Waals surface area contributed by atoms with E-state index >= 15 is 0 Å². The molecule has 2 amide bonds. The fourth-order valence-corrected chi connectivity index (χ4v) is 8.07. The van der Waals surface area contributed by atoms with E-state index in [4.69, 9.17) is 4.74 Å². The van der Waals surface area contributed by atoms with Gasteiger partial charge in [0.25, 0.3) is 0 Å². The zero-order valence-corrected chi connectivity index (χ0v) is 25.2. The summed E-state index contributed by atoms with van der Waals surface area (Å²) in [4.78, 5) is 32.1. The van der Waals surface area contributed by atoms with Crippen molar-refractivity contribution in [2.75, 3.05) is 24.5 Å². The second kappa shape index (κ2) is 10.8. The van der Waals surface area contributed by atoms with Gasteiger partial charge in [-0.1, -0.05) is 39.0 Å². The van der Waals surface area contributed by atoms with Crippen molar-refractivity contribution in [1.82, 2.24) is 9.80 Å². The Labute approximate surface area is 237 Å². The first kappa shape index (κ1) is 30.0. The van der Waals surface area contributed by atoms with Gasteiger partial charge in [0, 0.05) is 36.3 Å². The first-order chi connectivity index (χ1) is 18.6. The van der Waals surface area contributed by atoms with Crippen LogP contribution in [-0.4, -0.2) is 72.9 Å². The average Bonchev–Trinajstić information content (AvgIpc) is 3.10. The number of carbonyl (C=O) groups excluding carboxylic acids is 2. The molecular weight excluding hydrogens is 533 g/mol. The number of hydrogen-bond acceptors (Lipinski definition) is 6. The summed E-state index contributed by atoms with van der Waals surface area (Å²) in [5, 5.41) is -1.26. The second-order valence-corrected chi connectivity index (χ2v) is 14.3. The van der Waals surface area contributed by atoms with E-state index in [0.29, 0.717) is 30.8 Å². The van der Waals surface area contributed by atoms with Crippen molar-refractivity contribution in [3.05, 3.63) is 59.9 Å². The van der Waals surface area contributed by atoms with Crippen molar-refractivity contribution in [2.24, 2.45) is 0 Å². The number of halogens is 1. The number of benzene rings is 2. The molecule has 0 aromatic heterocycles. The maximum absolute atomic E-state index is 14.4. The first-order valence-electron chi connectivity index (χ1n) is 13.7. The van der Waals surface area contributed by atoms with E-state index in [1.165, 1.54) is 35.2 Å². The van der Waals surface area contributed by atoms with Crippen molar-refractivity contribution in [3.8, 4) is 0 Å². The van der Waals surface area contributed by atoms with Crippen LogP contribution in [0, 0.1) is 5.82 Å². The number of fused-ring (bicyclic) bond motifs is 1. The van der Waals surface area contributed by atoms with Crippen molar-refractivity contribution < 1.29 is 27.1 Å².